The molecule has 0 aromatic heterocycles. The zero-order valence-electron chi connectivity index (χ0n) is 6.90. The minimum Gasteiger partial charge on any atom is -0.294 e. The first-order valence-electron chi connectivity index (χ1n) is 3.38. The van der Waals surface area contributed by atoms with Gasteiger partial charge in [0.2, 0.25) is 0 Å². The number of rotatable bonds is 3. The lowest BCUT2D eigenvalue weighted by Gasteiger charge is -1.97. The van der Waals surface area contributed by atoms with Crippen molar-refractivity contribution in [2.75, 3.05) is 0 Å². The van der Waals surface area contributed by atoms with Crippen LogP contribution in [0.1, 0.15) is 27.2 Å². The number of carbonyl (C=O) groups excluding carboxylic acids is 1. The van der Waals surface area contributed by atoms with Crippen LogP contribution in [-0.2, 0) is 4.79 Å². The Morgan fingerprint density at radius 1 is 1.50 bits per heavy atom. The van der Waals surface area contributed by atoms with Crippen molar-refractivity contribution in [2.45, 2.75) is 27.2 Å². The van der Waals surface area contributed by atoms with E-state index in [-0.39, 0.29) is 5.78 Å². The fourth-order valence-electron chi connectivity index (χ4n) is 0.574. The third-order valence-electron chi connectivity index (χ3n) is 1.34. The molecule has 0 spiro atoms. The Kier molecular flexibility index (Phi) is 3.70. The van der Waals surface area contributed by atoms with Crippen molar-refractivity contribution in [2.24, 2.45) is 0 Å². The second kappa shape index (κ2) is 4.04. The number of hydrogen-bond donors (Lipinski definition) is 0. The van der Waals surface area contributed by atoms with Crippen LogP contribution in [0.3, 0.4) is 0 Å². The highest BCUT2D eigenvalue weighted by Gasteiger charge is 2.01. The molecule has 0 rings (SSSR count). The molecule has 0 aliphatic rings. The normalized spacial score (nSPS) is 11.3. The molecule has 10 heavy (non-hydrogen) atoms. The summed E-state index contributed by atoms with van der Waals surface area (Å²) in [6.07, 6.45) is 2.31. The SMILES string of the molecule is C=C(C)CC(=O)/C(C)=C\C. The van der Waals surface area contributed by atoms with Crippen LogP contribution >= 0.6 is 0 Å². The smallest absolute Gasteiger partial charge is 0.162 e. The van der Waals surface area contributed by atoms with Crippen LogP contribution in [0.15, 0.2) is 23.8 Å². The molecule has 0 aliphatic heterocycles. The third kappa shape index (κ3) is 3.23. The lowest BCUT2D eigenvalue weighted by molar-refractivity contribution is -0.114. The standard InChI is InChI=1S/C9H14O/c1-5-8(4)9(10)6-7(2)3/h5H,2,6H2,1,3-4H3/b8-5-. The van der Waals surface area contributed by atoms with Gasteiger partial charge in [-0.3, -0.25) is 4.79 Å². The van der Waals surface area contributed by atoms with E-state index in [4.69, 9.17) is 0 Å². The number of Topliss-reactive ketones (excluding diaryl/α,β-unsaturated/α-hetero) is 1. The highest BCUT2D eigenvalue weighted by molar-refractivity contribution is 5.96. The lowest BCUT2D eigenvalue weighted by Crippen LogP contribution is -1.98. The molecular formula is C9H14O. The van der Waals surface area contributed by atoms with Gasteiger partial charge in [-0.15, -0.1) is 0 Å². The van der Waals surface area contributed by atoms with Crippen LogP contribution in [0.4, 0.5) is 0 Å². The minimum absolute atomic E-state index is 0.176. The first-order chi connectivity index (χ1) is 4.57. The average Bonchev–Trinajstić information content (AvgIpc) is 1.85. The molecule has 0 aromatic rings. The number of ketones is 1. The van der Waals surface area contributed by atoms with Crippen molar-refractivity contribution in [3.05, 3.63) is 23.8 Å². The maximum Gasteiger partial charge on any atom is 0.162 e. The van der Waals surface area contributed by atoms with Crippen LogP contribution in [0.25, 0.3) is 0 Å². The summed E-state index contributed by atoms with van der Waals surface area (Å²) in [4.78, 5) is 11.1. The first kappa shape index (κ1) is 9.15. The van der Waals surface area contributed by atoms with Gasteiger partial charge in [0.05, 0.1) is 0 Å². The van der Waals surface area contributed by atoms with Gasteiger partial charge in [-0.1, -0.05) is 18.2 Å². The van der Waals surface area contributed by atoms with Crippen molar-refractivity contribution in [1.82, 2.24) is 0 Å². The van der Waals surface area contributed by atoms with E-state index >= 15 is 0 Å². The van der Waals surface area contributed by atoms with Gasteiger partial charge < -0.3 is 0 Å². The summed E-state index contributed by atoms with van der Waals surface area (Å²) in [5.41, 5.74) is 1.74. The van der Waals surface area contributed by atoms with E-state index in [1.165, 1.54) is 0 Å². The van der Waals surface area contributed by atoms with Crippen LogP contribution in [0.5, 0.6) is 0 Å². The molecule has 1 heteroatoms. The molecule has 0 unspecified atom stereocenters. The van der Waals surface area contributed by atoms with Gasteiger partial charge in [-0.05, 0) is 26.3 Å². The van der Waals surface area contributed by atoms with Gasteiger partial charge in [0.25, 0.3) is 0 Å². The molecule has 0 saturated carbocycles. The third-order valence-corrected chi connectivity index (χ3v) is 1.34. The molecule has 0 amide bonds. The van der Waals surface area contributed by atoms with Gasteiger partial charge in [-0.2, -0.15) is 0 Å². The topological polar surface area (TPSA) is 17.1 Å². The Hall–Kier alpha value is -0.850. The molecule has 0 bridgehead atoms. The maximum absolute atomic E-state index is 11.1. The number of allylic oxidation sites excluding steroid dienone is 3. The van der Waals surface area contributed by atoms with E-state index in [0.29, 0.717) is 6.42 Å². The molecule has 0 aliphatic carbocycles. The monoisotopic (exact) mass is 138 g/mol. The molecule has 56 valence electrons. The molecule has 0 radical (unpaired) electrons. The Bertz CT molecular complexity index is 175. The summed E-state index contributed by atoms with van der Waals surface area (Å²) in [6, 6.07) is 0. The summed E-state index contributed by atoms with van der Waals surface area (Å²) in [5.74, 6) is 0.176. The highest BCUT2D eigenvalue weighted by Crippen LogP contribution is 2.03. The van der Waals surface area contributed by atoms with Crippen molar-refractivity contribution in [3.8, 4) is 0 Å². The predicted octanol–water partition coefficient (Wildman–Crippen LogP) is 2.49. The molecule has 0 fully saturated rings. The van der Waals surface area contributed by atoms with E-state index < -0.39 is 0 Å². The lowest BCUT2D eigenvalue weighted by atomic mass is 10.1. The molecule has 0 aromatic carbocycles. The summed E-state index contributed by atoms with van der Waals surface area (Å²) >= 11 is 0. The van der Waals surface area contributed by atoms with Crippen LogP contribution < -0.4 is 0 Å². The zero-order chi connectivity index (χ0) is 8.15. The van der Waals surface area contributed by atoms with E-state index in [9.17, 15) is 4.79 Å². The molecule has 0 heterocycles. The average molecular weight is 138 g/mol. The molecule has 0 N–H and O–H groups in total. The van der Waals surface area contributed by atoms with E-state index in [0.717, 1.165) is 11.1 Å². The van der Waals surface area contributed by atoms with Crippen molar-refractivity contribution >= 4 is 5.78 Å². The van der Waals surface area contributed by atoms with Gasteiger partial charge in [-0.25, -0.2) is 0 Å². The van der Waals surface area contributed by atoms with Crippen LogP contribution in [-0.4, -0.2) is 5.78 Å². The Balaban J connectivity index is 3.99. The highest BCUT2D eigenvalue weighted by atomic mass is 16.1. The molecular weight excluding hydrogens is 124 g/mol. The first-order valence-corrected chi connectivity index (χ1v) is 3.38. The fraction of sp³-hybridized carbons (Fsp3) is 0.444. The van der Waals surface area contributed by atoms with Crippen molar-refractivity contribution < 1.29 is 4.79 Å². The number of hydrogen-bond acceptors (Lipinski definition) is 1. The minimum atomic E-state index is 0.176. The van der Waals surface area contributed by atoms with E-state index in [1.807, 2.05) is 26.8 Å². The van der Waals surface area contributed by atoms with Crippen LogP contribution in [0.2, 0.25) is 0 Å². The van der Waals surface area contributed by atoms with E-state index in [1.54, 1.807) is 0 Å². The zero-order valence-corrected chi connectivity index (χ0v) is 6.90. The van der Waals surface area contributed by atoms with Crippen molar-refractivity contribution in [1.29, 1.82) is 0 Å². The Morgan fingerprint density at radius 2 is 2.00 bits per heavy atom. The Labute approximate surface area is 62.4 Å². The predicted molar refractivity (Wildman–Crippen MR) is 43.9 cm³/mol. The summed E-state index contributed by atoms with van der Waals surface area (Å²) in [5, 5.41) is 0. The van der Waals surface area contributed by atoms with Gasteiger partial charge in [0, 0.05) is 6.42 Å². The largest absolute Gasteiger partial charge is 0.294 e. The summed E-state index contributed by atoms with van der Waals surface area (Å²) in [7, 11) is 0. The quantitative estimate of drug-likeness (QED) is 0.432. The molecule has 0 atom stereocenters. The molecule has 1 nitrogen and oxygen atoms in total. The fourth-order valence-corrected chi connectivity index (χ4v) is 0.574. The second-order valence-electron chi connectivity index (χ2n) is 2.53. The summed E-state index contributed by atoms with van der Waals surface area (Å²) < 4.78 is 0. The Morgan fingerprint density at radius 3 is 2.30 bits per heavy atom. The van der Waals surface area contributed by atoms with Gasteiger partial charge >= 0.3 is 0 Å². The van der Waals surface area contributed by atoms with Crippen molar-refractivity contribution in [3.63, 3.8) is 0 Å². The second-order valence-corrected chi connectivity index (χ2v) is 2.53. The maximum atomic E-state index is 11.1. The number of carbonyl (C=O) groups is 1. The van der Waals surface area contributed by atoms with E-state index in [2.05, 4.69) is 6.58 Å². The van der Waals surface area contributed by atoms with Gasteiger partial charge in [0.1, 0.15) is 0 Å². The van der Waals surface area contributed by atoms with Crippen LogP contribution in [0, 0.1) is 0 Å². The van der Waals surface area contributed by atoms with Gasteiger partial charge in [0.15, 0.2) is 5.78 Å². The molecule has 0 saturated heterocycles. The summed E-state index contributed by atoms with van der Waals surface area (Å²) in [6.45, 7) is 9.22.